The van der Waals surface area contributed by atoms with Gasteiger partial charge in [0, 0.05) is 31.7 Å². The molecule has 4 rings (SSSR count). The molecule has 2 aliphatic heterocycles. The van der Waals surface area contributed by atoms with E-state index in [2.05, 4.69) is 13.8 Å². The van der Waals surface area contributed by atoms with Gasteiger partial charge in [0.1, 0.15) is 13.2 Å². The lowest BCUT2D eigenvalue weighted by Crippen LogP contribution is -2.36. The first kappa shape index (κ1) is 27.3. The summed E-state index contributed by atoms with van der Waals surface area (Å²) < 4.78 is 11.3. The Kier molecular flexibility index (Phi) is 9.73. The summed E-state index contributed by atoms with van der Waals surface area (Å²) in [6.45, 7) is 6.96. The number of rotatable bonds is 4. The van der Waals surface area contributed by atoms with Gasteiger partial charge in [0.05, 0.1) is 11.4 Å². The molecule has 0 radical (unpaired) electrons. The summed E-state index contributed by atoms with van der Waals surface area (Å²) in [4.78, 5) is 30.8. The highest BCUT2D eigenvalue weighted by molar-refractivity contribution is 6.32. The van der Waals surface area contributed by atoms with Crippen LogP contribution in [-0.2, 0) is 22.6 Å². The molecule has 2 aromatic carbocycles. The van der Waals surface area contributed by atoms with Gasteiger partial charge >= 0.3 is 0 Å². The predicted molar refractivity (Wildman–Crippen MR) is 148 cm³/mol. The minimum absolute atomic E-state index is 0.0393. The van der Waals surface area contributed by atoms with Crippen LogP contribution in [0.1, 0.15) is 69.9 Å². The van der Waals surface area contributed by atoms with Crippen molar-refractivity contribution in [2.75, 3.05) is 31.2 Å². The number of ether oxygens (including phenoxy) is 2. The van der Waals surface area contributed by atoms with Crippen LogP contribution < -0.4 is 14.4 Å². The summed E-state index contributed by atoms with van der Waals surface area (Å²) in [5.41, 5.74) is 2.74. The second-order valence-electron chi connectivity index (χ2n) is 10.5. The van der Waals surface area contributed by atoms with Crippen LogP contribution >= 0.6 is 11.6 Å². The second-order valence-corrected chi connectivity index (χ2v) is 10.9. The van der Waals surface area contributed by atoms with E-state index in [0.29, 0.717) is 61.7 Å². The number of carbonyl (C=O) groups is 2. The number of nitrogens with zero attached hydrogens (tertiary/aromatic N) is 2. The van der Waals surface area contributed by atoms with Crippen molar-refractivity contribution in [3.8, 4) is 11.5 Å². The quantitative estimate of drug-likeness (QED) is 0.461. The van der Waals surface area contributed by atoms with Crippen LogP contribution in [0.3, 0.4) is 0 Å². The molecule has 0 fully saturated rings. The lowest BCUT2D eigenvalue weighted by atomic mass is 10.1. The van der Waals surface area contributed by atoms with Crippen molar-refractivity contribution >= 4 is 29.1 Å². The van der Waals surface area contributed by atoms with E-state index in [1.165, 1.54) is 0 Å². The molecule has 0 spiro atoms. The number of anilines is 1. The summed E-state index contributed by atoms with van der Waals surface area (Å²) in [7, 11) is 0. The van der Waals surface area contributed by atoms with Gasteiger partial charge in [-0.15, -0.1) is 0 Å². The van der Waals surface area contributed by atoms with Crippen LogP contribution in [0.2, 0.25) is 5.02 Å². The summed E-state index contributed by atoms with van der Waals surface area (Å²) in [5.74, 6) is 1.63. The number of para-hydroxylation sites is 1. The van der Waals surface area contributed by atoms with Crippen LogP contribution in [0, 0.1) is 5.92 Å². The SMILES string of the molecule is CC(C)CC(=O)N1CCCCCCCCN(C(=O)Cc2cc(Cl)c3c(c2)OCCO3)Cc2ccccc21. The van der Waals surface area contributed by atoms with E-state index in [4.69, 9.17) is 21.1 Å². The van der Waals surface area contributed by atoms with Crippen molar-refractivity contribution in [2.24, 2.45) is 5.92 Å². The maximum atomic E-state index is 13.6. The Morgan fingerprint density at radius 2 is 1.62 bits per heavy atom. The highest BCUT2D eigenvalue weighted by Gasteiger charge is 2.23. The molecule has 2 heterocycles. The second kappa shape index (κ2) is 13.2. The molecular formula is C30H39ClN2O4. The largest absolute Gasteiger partial charge is 0.486 e. The topological polar surface area (TPSA) is 59.1 Å². The van der Waals surface area contributed by atoms with Gasteiger partial charge in [-0.2, -0.15) is 0 Å². The smallest absolute Gasteiger partial charge is 0.227 e. The maximum absolute atomic E-state index is 13.6. The lowest BCUT2D eigenvalue weighted by Gasteiger charge is -2.29. The minimum atomic E-state index is 0.0393. The Morgan fingerprint density at radius 1 is 0.919 bits per heavy atom. The van der Waals surface area contributed by atoms with Gasteiger partial charge in [-0.1, -0.05) is 69.3 Å². The first-order valence-electron chi connectivity index (χ1n) is 13.7. The molecular weight excluding hydrogens is 488 g/mol. The third-order valence-electron chi connectivity index (χ3n) is 6.95. The number of benzene rings is 2. The molecule has 0 bridgehead atoms. The fourth-order valence-electron chi connectivity index (χ4n) is 5.08. The van der Waals surface area contributed by atoms with Crippen molar-refractivity contribution < 1.29 is 19.1 Å². The van der Waals surface area contributed by atoms with E-state index in [-0.39, 0.29) is 18.2 Å². The molecule has 0 unspecified atom stereocenters. The first-order valence-corrected chi connectivity index (χ1v) is 14.0. The van der Waals surface area contributed by atoms with Gasteiger partial charge in [-0.25, -0.2) is 0 Å². The fraction of sp³-hybridized carbons (Fsp3) is 0.533. The Balaban J connectivity index is 1.59. The van der Waals surface area contributed by atoms with Crippen molar-refractivity contribution in [1.29, 1.82) is 0 Å². The third kappa shape index (κ3) is 7.41. The Labute approximate surface area is 225 Å². The molecule has 0 N–H and O–H groups in total. The van der Waals surface area contributed by atoms with Crippen LogP contribution in [0.25, 0.3) is 0 Å². The highest BCUT2D eigenvalue weighted by atomic mass is 35.5. The molecule has 0 atom stereocenters. The summed E-state index contributed by atoms with van der Waals surface area (Å²) in [6, 6.07) is 11.7. The number of halogens is 1. The van der Waals surface area contributed by atoms with Gasteiger partial charge in [0.15, 0.2) is 11.5 Å². The Bertz CT molecular complexity index is 1090. The zero-order valence-corrected chi connectivity index (χ0v) is 22.9. The molecule has 0 aliphatic carbocycles. The zero-order valence-electron chi connectivity index (χ0n) is 22.1. The number of hydrogen-bond acceptors (Lipinski definition) is 4. The third-order valence-corrected chi connectivity index (χ3v) is 7.23. The van der Waals surface area contributed by atoms with Gasteiger partial charge in [0.25, 0.3) is 0 Å². The molecule has 0 aromatic heterocycles. The predicted octanol–water partition coefficient (Wildman–Crippen LogP) is 6.42. The van der Waals surface area contributed by atoms with Gasteiger partial charge in [0.2, 0.25) is 11.8 Å². The van der Waals surface area contributed by atoms with Gasteiger partial charge in [-0.05, 0) is 48.1 Å². The first-order chi connectivity index (χ1) is 17.9. The van der Waals surface area contributed by atoms with E-state index < -0.39 is 0 Å². The summed E-state index contributed by atoms with van der Waals surface area (Å²) in [6.07, 6.45) is 7.20. The van der Waals surface area contributed by atoms with Gasteiger partial charge < -0.3 is 19.3 Å². The normalized spacial score (nSPS) is 16.9. The molecule has 6 nitrogen and oxygen atoms in total. The average Bonchev–Trinajstić information content (AvgIpc) is 2.88. The van der Waals surface area contributed by atoms with E-state index in [1.54, 1.807) is 6.07 Å². The lowest BCUT2D eigenvalue weighted by molar-refractivity contribution is -0.131. The number of hydrogen-bond donors (Lipinski definition) is 0. The van der Waals surface area contributed by atoms with Crippen LogP contribution in [0.15, 0.2) is 36.4 Å². The van der Waals surface area contributed by atoms with Crippen LogP contribution in [0.5, 0.6) is 11.5 Å². The number of amides is 2. The molecule has 2 aromatic rings. The van der Waals surface area contributed by atoms with Crippen molar-refractivity contribution in [2.45, 2.75) is 71.8 Å². The standard InChI is InChI=1S/C30H39ClN2O4/c1-22(2)17-29(35)33-14-10-6-4-3-5-9-13-32(21-24-11-7-8-12-26(24)33)28(34)20-23-18-25(31)30-27(19-23)36-15-16-37-30/h7-8,11-12,18-19,22H,3-6,9-10,13-17,20-21H2,1-2H3. The minimum Gasteiger partial charge on any atom is -0.486 e. The van der Waals surface area contributed by atoms with Crippen molar-refractivity contribution in [3.63, 3.8) is 0 Å². The number of carbonyl (C=O) groups excluding carboxylic acids is 2. The molecule has 2 aliphatic rings. The summed E-state index contributed by atoms with van der Waals surface area (Å²) >= 11 is 6.43. The van der Waals surface area contributed by atoms with Crippen molar-refractivity contribution in [3.05, 3.63) is 52.5 Å². The molecule has 200 valence electrons. The van der Waals surface area contributed by atoms with E-state index in [0.717, 1.165) is 55.3 Å². The Morgan fingerprint density at radius 3 is 2.41 bits per heavy atom. The number of fused-ring (bicyclic) bond motifs is 2. The van der Waals surface area contributed by atoms with Gasteiger partial charge in [-0.3, -0.25) is 9.59 Å². The zero-order chi connectivity index (χ0) is 26.2. The fourth-order valence-corrected chi connectivity index (χ4v) is 5.36. The van der Waals surface area contributed by atoms with E-state index in [1.807, 2.05) is 40.1 Å². The van der Waals surface area contributed by atoms with E-state index in [9.17, 15) is 9.59 Å². The van der Waals surface area contributed by atoms with Crippen LogP contribution in [-0.4, -0.2) is 43.0 Å². The Hall–Kier alpha value is -2.73. The molecule has 0 saturated carbocycles. The highest BCUT2D eigenvalue weighted by Crippen LogP contribution is 2.38. The van der Waals surface area contributed by atoms with Crippen LogP contribution in [0.4, 0.5) is 5.69 Å². The summed E-state index contributed by atoms with van der Waals surface area (Å²) in [5, 5.41) is 0.467. The monoisotopic (exact) mass is 526 g/mol. The van der Waals surface area contributed by atoms with Crippen molar-refractivity contribution in [1.82, 2.24) is 4.90 Å². The molecule has 37 heavy (non-hydrogen) atoms. The average molecular weight is 527 g/mol. The maximum Gasteiger partial charge on any atom is 0.227 e. The molecule has 7 heteroatoms. The molecule has 0 saturated heterocycles. The molecule has 2 amide bonds. The van der Waals surface area contributed by atoms with E-state index >= 15 is 0 Å².